The number of phenolic OH excluding ortho intramolecular Hbond substituents is 1. The molecule has 0 fully saturated rings. The summed E-state index contributed by atoms with van der Waals surface area (Å²) in [5, 5.41) is 10.2. The van der Waals surface area contributed by atoms with Crippen molar-refractivity contribution >= 4 is 16.9 Å². The number of benzene rings is 2. The molecule has 0 radical (unpaired) electrons. The van der Waals surface area contributed by atoms with Crippen LogP contribution in [0.5, 0.6) is 5.75 Å². The lowest BCUT2D eigenvalue weighted by molar-refractivity contribution is 0.389. The Morgan fingerprint density at radius 2 is 1.86 bits per heavy atom. The average molecular weight is 392 g/mol. The van der Waals surface area contributed by atoms with Crippen LogP contribution in [0.25, 0.3) is 22.2 Å². The van der Waals surface area contributed by atoms with Crippen molar-refractivity contribution in [2.75, 3.05) is 5.73 Å². The number of fused-ring (bicyclic) bond motifs is 2. The standard InChI is InChI=1S/C22H18F2N4O/c23-16-8-6-14(10-17(16)29)18-19-21(25)26-11-27-22(19)28(20(18)24)15-7-5-12-3-1-2-4-13(12)9-15/h1-4,6,8,10-11,15,29H,5,7,9H2,(H2,25,26,27). The van der Waals surface area contributed by atoms with E-state index in [0.717, 1.165) is 18.9 Å². The molecule has 146 valence electrons. The molecule has 3 N–H and O–H groups in total. The number of nitrogen functional groups attached to an aromatic ring is 1. The van der Waals surface area contributed by atoms with Gasteiger partial charge in [-0.05, 0) is 48.1 Å². The van der Waals surface area contributed by atoms with Crippen molar-refractivity contribution in [3.8, 4) is 16.9 Å². The van der Waals surface area contributed by atoms with Gasteiger partial charge in [-0.1, -0.05) is 30.3 Å². The summed E-state index contributed by atoms with van der Waals surface area (Å²) >= 11 is 0. The molecule has 1 aliphatic rings. The van der Waals surface area contributed by atoms with Gasteiger partial charge in [-0.15, -0.1) is 0 Å². The largest absolute Gasteiger partial charge is 0.505 e. The number of phenols is 1. The Bertz CT molecular complexity index is 1250. The van der Waals surface area contributed by atoms with Crippen molar-refractivity contribution in [1.29, 1.82) is 0 Å². The van der Waals surface area contributed by atoms with Crippen LogP contribution < -0.4 is 5.73 Å². The van der Waals surface area contributed by atoms with Gasteiger partial charge in [0, 0.05) is 11.6 Å². The summed E-state index contributed by atoms with van der Waals surface area (Å²) < 4.78 is 30.9. The van der Waals surface area contributed by atoms with E-state index in [1.165, 1.54) is 29.6 Å². The Kier molecular flexibility index (Phi) is 3.97. The molecule has 0 bridgehead atoms. The van der Waals surface area contributed by atoms with Gasteiger partial charge < -0.3 is 10.8 Å². The highest BCUT2D eigenvalue weighted by atomic mass is 19.1. The topological polar surface area (TPSA) is 77.0 Å². The third kappa shape index (κ3) is 2.73. The minimum atomic E-state index is -0.772. The molecule has 0 amide bonds. The highest BCUT2D eigenvalue weighted by molar-refractivity contribution is 6.01. The Morgan fingerprint density at radius 3 is 2.66 bits per heavy atom. The van der Waals surface area contributed by atoms with Gasteiger partial charge in [0.25, 0.3) is 0 Å². The number of hydrogen-bond acceptors (Lipinski definition) is 4. The van der Waals surface area contributed by atoms with Crippen molar-refractivity contribution in [3.05, 3.63) is 71.7 Å². The van der Waals surface area contributed by atoms with E-state index < -0.39 is 17.5 Å². The van der Waals surface area contributed by atoms with Crippen molar-refractivity contribution in [1.82, 2.24) is 14.5 Å². The third-order valence-corrected chi connectivity index (χ3v) is 5.67. The Labute approximate surface area is 165 Å². The molecule has 2 heterocycles. The first-order valence-corrected chi connectivity index (χ1v) is 9.40. The van der Waals surface area contributed by atoms with E-state index in [4.69, 9.17) is 5.73 Å². The number of aromatic nitrogens is 3. The van der Waals surface area contributed by atoms with Crippen LogP contribution in [0.4, 0.5) is 14.6 Å². The summed E-state index contributed by atoms with van der Waals surface area (Å²) in [6, 6.07) is 11.7. The van der Waals surface area contributed by atoms with Crippen LogP contribution in [0.3, 0.4) is 0 Å². The third-order valence-electron chi connectivity index (χ3n) is 5.67. The fraction of sp³-hybridized carbons (Fsp3) is 0.182. The number of aromatic hydroxyl groups is 1. The van der Waals surface area contributed by atoms with Gasteiger partial charge in [0.2, 0.25) is 5.95 Å². The van der Waals surface area contributed by atoms with E-state index in [-0.39, 0.29) is 17.4 Å². The van der Waals surface area contributed by atoms with E-state index in [9.17, 15) is 9.50 Å². The molecule has 0 saturated carbocycles. The molecule has 0 saturated heterocycles. The summed E-state index contributed by atoms with van der Waals surface area (Å²) in [7, 11) is 0. The molecule has 7 heteroatoms. The molecule has 2 aromatic carbocycles. The molecule has 0 aliphatic heterocycles. The second-order valence-electron chi connectivity index (χ2n) is 7.32. The first-order valence-electron chi connectivity index (χ1n) is 9.40. The minimum absolute atomic E-state index is 0.135. The molecule has 0 spiro atoms. The lowest BCUT2D eigenvalue weighted by Crippen LogP contribution is -2.20. The molecule has 29 heavy (non-hydrogen) atoms. The second kappa shape index (κ2) is 6.55. The van der Waals surface area contributed by atoms with E-state index in [1.54, 1.807) is 4.57 Å². The molecule has 1 atom stereocenters. The van der Waals surface area contributed by atoms with Crippen molar-refractivity contribution in [3.63, 3.8) is 0 Å². The molecule has 5 nitrogen and oxygen atoms in total. The predicted octanol–water partition coefficient (Wildman–Crippen LogP) is 4.39. The average Bonchev–Trinajstić information content (AvgIpc) is 3.03. The van der Waals surface area contributed by atoms with Crippen LogP contribution in [0.15, 0.2) is 48.8 Å². The van der Waals surface area contributed by atoms with Crippen molar-refractivity contribution < 1.29 is 13.9 Å². The van der Waals surface area contributed by atoms with E-state index in [2.05, 4.69) is 22.1 Å². The maximum absolute atomic E-state index is 15.8. The summed E-state index contributed by atoms with van der Waals surface area (Å²) in [6.07, 6.45) is 3.59. The van der Waals surface area contributed by atoms with Gasteiger partial charge in [0.15, 0.2) is 11.6 Å². The maximum atomic E-state index is 15.8. The van der Waals surface area contributed by atoms with Crippen LogP contribution in [0, 0.1) is 11.8 Å². The maximum Gasteiger partial charge on any atom is 0.204 e. The van der Waals surface area contributed by atoms with E-state index >= 15 is 4.39 Å². The Balaban J connectivity index is 1.72. The van der Waals surface area contributed by atoms with Gasteiger partial charge >= 0.3 is 0 Å². The smallest absolute Gasteiger partial charge is 0.204 e. The number of nitrogens with two attached hydrogens (primary N) is 1. The number of halogens is 2. The van der Waals surface area contributed by atoms with Crippen LogP contribution in [-0.2, 0) is 12.8 Å². The van der Waals surface area contributed by atoms with Gasteiger partial charge in [-0.2, -0.15) is 4.39 Å². The normalized spacial score (nSPS) is 16.1. The van der Waals surface area contributed by atoms with Gasteiger partial charge in [-0.3, -0.25) is 4.57 Å². The zero-order chi connectivity index (χ0) is 20.1. The highest BCUT2D eigenvalue weighted by Gasteiger charge is 2.29. The molecule has 1 aliphatic carbocycles. The number of nitrogens with zero attached hydrogens (tertiary/aromatic N) is 3. The van der Waals surface area contributed by atoms with E-state index in [0.29, 0.717) is 23.0 Å². The predicted molar refractivity (Wildman–Crippen MR) is 106 cm³/mol. The Hall–Kier alpha value is -3.48. The summed E-state index contributed by atoms with van der Waals surface area (Å²) in [6.45, 7) is 0. The zero-order valence-corrected chi connectivity index (χ0v) is 15.4. The zero-order valence-electron chi connectivity index (χ0n) is 15.4. The molecular weight excluding hydrogens is 374 g/mol. The molecule has 1 unspecified atom stereocenters. The van der Waals surface area contributed by atoms with Gasteiger partial charge in [0.1, 0.15) is 17.8 Å². The lowest BCUT2D eigenvalue weighted by Gasteiger charge is -2.26. The number of rotatable bonds is 2. The molecule has 5 rings (SSSR count). The van der Waals surface area contributed by atoms with Crippen molar-refractivity contribution in [2.24, 2.45) is 0 Å². The van der Waals surface area contributed by atoms with Crippen LogP contribution >= 0.6 is 0 Å². The summed E-state index contributed by atoms with van der Waals surface area (Å²) in [5.74, 6) is -1.69. The van der Waals surface area contributed by atoms with Crippen LogP contribution in [0.2, 0.25) is 0 Å². The van der Waals surface area contributed by atoms with E-state index in [1.807, 2.05) is 12.1 Å². The molecule has 2 aromatic heterocycles. The summed E-state index contributed by atoms with van der Waals surface area (Å²) in [4.78, 5) is 8.33. The van der Waals surface area contributed by atoms with Crippen LogP contribution in [0.1, 0.15) is 23.6 Å². The monoisotopic (exact) mass is 392 g/mol. The van der Waals surface area contributed by atoms with Crippen LogP contribution in [-0.4, -0.2) is 19.6 Å². The molecular formula is C22H18F2N4O. The molecule has 4 aromatic rings. The van der Waals surface area contributed by atoms with Crippen molar-refractivity contribution in [2.45, 2.75) is 25.3 Å². The number of anilines is 1. The number of aryl methyl sites for hydroxylation is 1. The first kappa shape index (κ1) is 17.6. The Morgan fingerprint density at radius 1 is 1.07 bits per heavy atom. The van der Waals surface area contributed by atoms with Gasteiger partial charge in [0.05, 0.1) is 5.39 Å². The van der Waals surface area contributed by atoms with Gasteiger partial charge in [-0.25, -0.2) is 14.4 Å². The SMILES string of the molecule is Nc1ncnc2c1c(-c1ccc(F)c(O)c1)c(F)n2C1CCc2ccccc2C1. The fourth-order valence-electron chi connectivity index (χ4n) is 4.29. The minimum Gasteiger partial charge on any atom is -0.505 e. The highest BCUT2D eigenvalue weighted by Crippen LogP contribution is 2.41. The second-order valence-corrected chi connectivity index (χ2v) is 7.32. The number of hydrogen-bond donors (Lipinski definition) is 2. The first-order chi connectivity index (χ1) is 14.0. The lowest BCUT2D eigenvalue weighted by atomic mass is 9.88. The fourth-order valence-corrected chi connectivity index (χ4v) is 4.29. The quantitative estimate of drug-likeness (QED) is 0.530. The summed E-state index contributed by atoms with van der Waals surface area (Å²) in [5.41, 5.74) is 9.44.